The number of rotatable bonds is 3. The summed E-state index contributed by atoms with van der Waals surface area (Å²) in [6, 6.07) is 11.5. The number of hydrogen-bond donors (Lipinski definition) is 0. The van der Waals surface area contributed by atoms with Crippen LogP contribution in [0.25, 0.3) is 0 Å². The van der Waals surface area contributed by atoms with Gasteiger partial charge in [-0.25, -0.2) is 4.39 Å². The van der Waals surface area contributed by atoms with Gasteiger partial charge in [0, 0.05) is 5.56 Å². The summed E-state index contributed by atoms with van der Waals surface area (Å²) >= 11 is 0. The van der Waals surface area contributed by atoms with Crippen LogP contribution in [0.5, 0.6) is 0 Å². The summed E-state index contributed by atoms with van der Waals surface area (Å²) in [5.74, 6) is -1.83. The average Bonchev–Trinajstić information content (AvgIpc) is 2.42. The standard InChI is InChI=1S/C15H11FN2O/c1-10-4-2-3-5-12(10)15(19)13(8-17)14-7-6-11(16)9-18-14/h2-7,9,13H,1H3. The molecule has 1 aromatic carbocycles. The predicted molar refractivity (Wildman–Crippen MR) is 68.1 cm³/mol. The number of ketones is 1. The van der Waals surface area contributed by atoms with Gasteiger partial charge in [0.15, 0.2) is 11.7 Å². The summed E-state index contributed by atoms with van der Waals surface area (Å²) in [6.45, 7) is 1.81. The highest BCUT2D eigenvalue weighted by Crippen LogP contribution is 2.20. The summed E-state index contributed by atoms with van der Waals surface area (Å²) < 4.78 is 12.8. The van der Waals surface area contributed by atoms with Crippen LogP contribution < -0.4 is 0 Å². The molecule has 19 heavy (non-hydrogen) atoms. The van der Waals surface area contributed by atoms with Crippen LogP contribution in [0.15, 0.2) is 42.6 Å². The number of carbonyl (C=O) groups is 1. The molecule has 0 saturated carbocycles. The van der Waals surface area contributed by atoms with Gasteiger partial charge in [-0.05, 0) is 24.6 Å². The number of nitriles is 1. The van der Waals surface area contributed by atoms with Crippen LogP contribution in [-0.2, 0) is 0 Å². The van der Waals surface area contributed by atoms with Crippen molar-refractivity contribution in [3.05, 3.63) is 65.2 Å². The van der Waals surface area contributed by atoms with Crippen LogP contribution in [-0.4, -0.2) is 10.8 Å². The van der Waals surface area contributed by atoms with E-state index < -0.39 is 11.7 Å². The molecule has 0 fully saturated rings. The molecule has 0 spiro atoms. The van der Waals surface area contributed by atoms with Crippen molar-refractivity contribution in [2.45, 2.75) is 12.8 Å². The van der Waals surface area contributed by atoms with Gasteiger partial charge in [-0.3, -0.25) is 9.78 Å². The van der Waals surface area contributed by atoms with Gasteiger partial charge in [0.25, 0.3) is 0 Å². The van der Waals surface area contributed by atoms with E-state index in [4.69, 9.17) is 5.26 Å². The molecule has 0 aliphatic carbocycles. The third kappa shape index (κ3) is 2.66. The van der Waals surface area contributed by atoms with Crippen LogP contribution in [0, 0.1) is 24.1 Å². The van der Waals surface area contributed by atoms with E-state index in [0.717, 1.165) is 11.8 Å². The highest BCUT2D eigenvalue weighted by molar-refractivity contribution is 6.03. The molecule has 3 nitrogen and oxygen atoms in total. The predicted octanol–water partition coefficient (Wildman–Crippen LogP) is 3.02. The molecule has 0 bridgehead atoms. The van der Waals surface area contributed by atoms with Crippen molar-refractivity contribution >= 4 is 5.78 Å². The topological polar surface area (TPSA) is 53.8 Å². The van der Waals surface area contributed by atoms with Crippen molar-refractivity contribution in [2.75, 3.05) is 0 Å². The van der Waals surface area contributed by atoms with Gasteiger partial charge < -0.3 is 0 Å². The molecule has 1 atom stereocenters. The van der Waals surface area contributed by atoms with Crippen LogP contribution in [0.1, 0.15) is 27.5 Å². The Kier molecular flexibility index (Phi) is 3.67. The first-order valence-electron chi connectivity index (χ1n) is 5.74. The zero-order chi connectivity index (χ0) is 13.8. The van der Waals surface area contributed by atoms with Crippen molar-refractivity contribution in [3.63, 3.8) is 0 Å². The largest absolute Gasteiger partial charge is 0.292 e. The number of hydrogen-bond acceptors (Lipinski definition) is 3. The first kappa shape index (κ1) is 12.9. The molecule has 94 valence electrons. The summed E-state index contributed by atoms with van der Waals surface area (Å²) in [7, 11) is 0. The molecule has 0 radical (unpaired) electrons. The molecule has 0 N–H and O–H groups in total. The second-order valence-corrected chi connectivity index (χ2v) is 4.14. The molecule has 0 aliphatic heterocycles. The maximum Gasteiger partial charge on any atom is 0.186 e. The Morgan fingerprint density at radius 1 is 1.32 bits per heavy atom. The maximum absolute atomic E-state index is 12.8. The zero-order valence-electron chi connectivity index (χ0n) is 10.3. The molecule has 1 unspecified atom stereocenters. The third-order valence-electron chi connectivity index (χ3n) is 2.85. The quantitative estimate of drug-likeness (QED) is 0.791. The van der Waals surface area contributed by atoms with Crippen LogP contribution in [0.3, 0.4) is 0 Å². The lowest BCUT2D eigenvalue weighted by molar-refractivity contribution is 0.0977. The normalized spacial score (nSPS) is 11.6. The Balaban J connectivity index is 2.38. The molecule has 4 heteroatoms. The van der Waals surface area contributed by atoms with Crippen LogP contribution in [0.4, 0.5) is 4.39 Å². The fraction of sp³-hybridized carbons (Fsp3) is 0.133. The number of carbonyl (C=O) groups excluding carboxylic acids is 1. The minimum Gasteiger partial charge on any atom is -0.292 e. The Morgan fingerprint density at radius 3 is 2.63 bits per heavy atom. The number of halogens is 1. The number of benzene rings is 1. The Morgan fingerprint density at radius 2 is 2.05 bits per heavy atom. The first-order chi connectivity index (χ1) is 9.13. The fourth-order valence-corrected chi connectivity index (χ4v) is 1.82. The van der Waals surface area contributed by atoms with E-state index in [-0.39, 0.29) is 11.5 Å². The second kappa shape index (κ2) is 5.40. The Labute approximate surface area is 110 Å². The second-order valence-electron chi connectivity index (χ2n) is 4.14. The van der Waals surface area contributed by atoms with Gasteiger partial charge >= 0.3 is 0 Å². The highest BCUT2D eigenvalue weighted by atomic mass is 19.1. The lowest BCUT2D eigenvalue weighted by Gasteiger charge is -2.09. The van der Waals surface area contributed by atoms with Crippen molar-refractivity contribution in [3.8, 4) is 6.07 Å². The lowest BCUT2D eigenvalue weighted by Crippen LogP contribution is -2.14. The summed E-state index contributed by atoms with van der Waals surface area (Å²) in [5, 5.41) is 9.17. The van der Waals surface area contributed by atoms with E-state index in [2.05, 4.69) is 4.98 Å². The third-order valence-corrected chi connectivity index (χ3v) is 2.85. The number of aromatic nitrogens is 1. The summed E-state index contributed by atoms with van der Waals surface area (Å²) in [6.07, 6.45) is 1.00. The van der Waals surface area contributed by atoms with Gasteiger partial charge in [0.1, 0.15) is 5.82 Å². The van der Waals surface area contributed by atoms with Crippen LogP contribution >= 0.6 is 0 Å². The fourth-order valence-electron chi connectivity index (χ4n) is 1.82. The smallest absolute Gasteiger partial charge is 0.186 e. The van der Waals surface area contributed by atoms with Crippen molar-refractivity contribution in [1.29, 1.82) is 5.26 Å². The average molecular weight is 254 g/mol. The highest BCUT2D eigenvalue weighted by Gasteiger charge is 2.24. The summed E-state index contributed by atoms with van der Waals surface area (Å²) in [4.78, 5) is 16.1. The van der Waals surface area contributed by atoms with E-state index in [1.165, 1.54) is 12.1 Å². The van der Waals surface area contributed by atoms with Gasteiger partial charge in [-0.1, -0.05) is 24.3 Å². The van der Waals surface area contributed by atoms with E-state index in [0.29, 0.717) is 5.56 Å². The molecule has 1 heterocycles. The van der Waals surface area contributed by atoms with Crippen molar-refractivity contribution < 1.29 is 9.18 Å². The maximum atomic E-state index is 12.8. The van der Waals surface area contributed by atoms with Gasteiger partial charge in [0.2, 0.25) is 0 Å². The van der Waals surface area contributed by atoms with Crippen LogP contribution in [0.2, 0.25) is 0 Å². The SMILES string of the molecule is Cc1ccccc1C(=O)C(C#N)c1ccc(F)cn1. The number of aryl methyl sites for hydroxylation is 1. The molecule has 2 rings (SSSR count). The summed E-state index contributed by atoms with van der Waals surface area (Å²) in [5.41, 5.74) is 1.55. The molecule has 0 amide bonds. The van der Waals surface area contributed by atoms with Crippen molar-refractivity contribution in [1.82, 2.24) is 4.98 Å². The molecule has 0 aliphatic rings. The minimum atomic E-state index is -1.01. The first-order valence-corrected chi connectivity index (χ1v) is 5.74. The Hall–Kier alpha value is -2.54. The van der Waals surface area contributed by atoms with E-state index in [1.54, 1.807) is 25.1 Å². The van der Waals surface area contributed by atoms with Gasteiger partial charge in [-0.15, -0.1) is 0 Å². The zero-order valence-corrected chi connectivity index (χ0v) is 10.3. The van der Waals surface area contributed by atoms with Crippen molar-refractivity contribution in [2.24, 2.45) is 0 Å². The van der Waals surface area contributed by atoms with Gasteiger partial charge in [-0.2, -0.15) is 5.26 Å². The van der Waals surface area contributed by atoms with E-state index >= 15 is 0 Å². The van der Waals surface area contributed by atoms with E-state index in [1.807, 2.05) is 12.1 Å². The monoisotopic (exact) mass is 254 g/mol. The molecule has 2 aromatic rings. The Bertz CT molecular complexity index is 644. The number of Topliss-reactive ketones (excluding diaryl/α,β-unsaturated/α-hetero) is 1. The molecule has 1 aromatic heterocycles. The number of pyridine rings is 1. The van der Waals surface area contributed by atoms with E-state index in [9.17, 15) is 9.18 Å². The minimum absolute atomic E-state index is 0.261. The lowest BCUT2D eigenvalue weighted by atomic mass is 9.93. The van der Waals surface area contributed by atoms with Gasteiger partial charge in [0.05, 0.1) is 18.0 Å². The number of nitrogens with zero attached hydrogens (tertiary/aromatic N) is 2. The molecular formula is C15H11FN2O. The molecule has 0 saturated heterocycles. The molecular weight excluding hydrogens is 243 g/mol.